The third kappa shape index (κ3) is 4.44. The molecule has 4 heterocycles. The molecule has 1 N–H and O–H groups in total. The molecule has 0 aliphatic heterocycles. The van der Waals surface area contributed by atoms with Crippen LogP contribution in [0.1, 0.15) is 21.7 Å². The first-order chi connectivity index (χ1) is 16.2. The van der Waals surface area contributed by atoms with Gasteiger partial charge in [0.05, 0.1) is 29.0 Å². The Morgan fingerprint density at radius 1 is 1.09 bits per heavy atom. The summed E-state index contributed by atoms with van der Waals surface area (Å²) in [4.78, 5) is 18.9. The van der Waals surface area contributed by atoms with Gasteiger partial charge in [-0.2, -0.15) is 0 Å². The van der Waals surface area contributed by atoms with Crippen LogP contribution in [-0.4, -0.2) is 25.4 Å². The van der Waals surface area contributed by atoms with Gasteiger partial charge in [0.1, 0.15) is 11.5 Å². The molecule has 0 spiro atoms. The van der Waals surface area contributed by atoms with Gasteiger partial charge in [0.25, 0.3) is 0 Å². The zero-order valence-electron chi connectivity index (χ0n) is 18.1. The molecule has 4 aromatic heterocycles. The van der Waals surface area contributed by atoms with Crippen LogP contribution in [0.2, 0.25) is 0 Å². The number of hydrogen-bond acceptors (Lipinski definition) is 5. The van der Waals surface area contributed by atoms with Gasteiger partial charge in [0, 0.05) is 35.9 Å². The van der Waals surface area contributed by atoms with Crippen molar-refractivity contribution in [1.82, 2.24) is 24.8 Å². The summed E-state index contributed by atoms with van der Waals surface area (Å²) in [7, 11) is 0. The van der Waals surface area contributed by atoms with E-state index >= 15 is 0 Å². The highest BCUT2D eigenvalue weighted by Gasteiger charge is 2.10. The Morgan fingerprint density at radius 2 is 2.03 bits per heavy atom. The highest BCUT2D eigenvalue weighted by Crippen LogP contribution is 2.25. The van der Waals surface area contributed by atoms with Crippen LogP contribution in [0.5, 0.6) is 0 Å². The Labute approximate surface area is 196 Å². The second kappa shape index (κ2) is 9.18. The minimum Gasteiger partial charge on any atom is -0.363 e. The summed E-state index contributed by atoms with van der Waals surface area (Å²) in [5, 5.41) is 6.54. The number of benzene rings is 1. The molecule has 0 aliphatic carbocycles. The topological polar surface area (TPSA) is 68.0 Å². The van der Waals surface area contributed by atoms with Crippen LogP contribution >= 0.6 is 11.3 Å². The van der Waals surface area contributed by atoms with Gasteiger partial charge in [-0.05, 0) is 59.8 Å². The monoisotopic (exact) mass is 450 g/mol. The maximum absolute atomic E-state index is 4.84. The molecule has 0 fully saturated rings. The molecule has 7 heteroatoms. The summed E-state index contributed by atoms with van der Waals surface area (Å²) in [5.41, 5.74) is 5.66. The summed E-state index contributed by atoms with van der Waals surface area (Å²) in [6.07, 6.45) is 8.97. The van der Waals surface area contributed by atoms with Gasteiger partial charge in [-0.1, -0.05) is 18.7 Å². The maximum Gasteiger partial charge on any atom is 0.144 e. The number of fused-ring (bicyclic) bond motifs is 1. The fraction of sp³-hybridized carbons (Fsp3) is 0.0769. The zero-order valence-corrected chi connectivity index (χ0v) is 19.0. The van der Waals surface area contributed by atoms with Crippen LogP contribution in [0.3, 0.4) is 0 Å². The third-order valence-corrected chi connectivity index (χ3v) is 6.17. The predicted octanol–water partition coefficient (Wildman–Crippen LogP) is 5.39. The van der Waals surface area contributed by atoms with E-state index in [2.05, 4.69) is 74.9 Å². The molecule has 1 aromatic carbocycles. The summed E-state index contributed by atoms with van der Waals surface area (Å²) in [5.74, 6) is 0.767. The van der Waals surface area contributed by atoms with Crippen molar-refractivity contribution in [1.29, 1.82) is 0 Å². The number of amidine groups is 1. The van der Waals surface area contributed by atoms with E-state index < -0.39 is 0 Å². The molecule has 0 atom stereocenters. The number of hydrogen-bond donors (Lipinski definition) is 1. The van der Waals surface area contributed by atoms with Crippen LogP contribution in [0.15, 0.2) is 96.5 Å². The highest BCUT2D eigenvalue weighted by atomic mass is 32.1. The van der Waals surface area contributed by atoms with Crippen molar-refractivity contribution < 1.29 is 0 Å². The lowest BCUT2D eigenvalue weighted by Gasteiger charge is -2.12. The van der Waals surface area contributed by atoms with Gasteiger partial charge in [0.2, 0.25) is 0 Å². The van der Waals surface area contributed by atoms with E-state index in [9.17, 15) is 0 Å². The second-order valence-corrected chi connectivity index (χ2v) is 8.49. The van der Waals surface area contributed by atoms with Gasteiger partial charge in [-0.25, -0.2) is 9.98 Å². The molecule has 5 rings (SSSR count). The Kier molecular flexibility index (Phi) is 5.78. The summed E-state index contributed by atoms with van der Waals surface area (Å²) in [6, 6.07) is 16.4. The third-order valence-electron chi connectivity index (χ3n) is 5.29. The van der Waals surface area contributed by atoms with Gasteiger partial charge in [-0.15, -0.1) is 11.3 Å². The lowest BCUT2D eigenvalue weighted by atomic mass is 10.1. The molecular weight excluding hydrogens is 428 g/mol. The second-order valence-electron chi connectivity index (χ2n) is 7.54. The molecule has 33 heavy (non-hydrogen) atoms. The van der Waals surface area contributed by atoms with Crippen LogP contribution in [0.4, 0.5) is 0 Å². The maximum atomic E-state index is 4.84. The Balaban J connectivity index is 1.43. The van der Waals surface area contributed by atoms with Crippen molar-refractivity contribution in [3.63, 3.8) is 0 Å². The minimum atomic E-state index is 0.531. The number of rotatable bonds is 6. The molecule has 0 amide bonds. The molecule has 0 bridgehead atoms. The number of pyridine rings is 1. The number of aryl methyl sites for hydroxylation is 1. The van der Waals surface area contributed by atoms with Crippen LogP contribution in [-0.2, 0) is 6.54 Å². The van der Waals surface area contributed by atoms with E-state index in [0.717, 1.165) is 44.3 Å². The van der Waals surface area contributed by atoms with E-state index in [1.54, 1.807) is 29.9 Å². The van der Waals surface area contributed by atoms with Gasteiger partial charge in [-0.3, -0.25) is 9.97 Å². The standard InChI is InChI=1S/C26H22N6S/c1-18-15-21(7-8-23(18)32-13-9-20-5-3-10-29-26(20)32)19(2)31-25(24-6-4-14-33-24)30-17-22-16-27-11-12-28-22/h3-16H,2,17H2,1H3,(H,30,31). The van der Waals surface area contributed by atoms with Crippen molar-refractivity contribution in [3.05, 3.63) is 113 Å². The normalized spacial score (nSPS) is 11.6. The molecule has 0 unspecified atom stereocenters. The number of thiophene rings is 1. The van der Waals surface area contributed by atoms with E-state index in [0.29, 0.717) is 12.2 Å². The number of aromatic nitrogens is 4. The van der Waals surface area contributed by atoms with E-state index in [4.69, 9.17) is 4.99 Å². The lowest BCUT2D eigenvalue weighted by Crippen LogP contribution is -2.23. The quantitative estimate of drug-likeness (QED) is 0.278. The fourth-order valence-corrected chi connectivity index (χ4v) is 4.35. The molecular formula is C26H22N6S. The largest absolute Gasteiger partial charge is 0.363 e. The van der Waals surface area contributed by atoms with Crippen LogP contribution in [0, 0.1) is 6.92 Å². The number of nitrogens with zero attached hydrogens (tertiary/aromatic N) is 5. The first-order valence-electron chi connectivity index (χ1n) is 10.5. The minimum absolute atomic E-state index is 0.531. The SMILES string of the molecule is C=C(/N=C(\NCc1cnccn1)c1cccs1)c1ccc(-n2ccc3cccnc32)c(C)c1. The fourth-order valence-electron chi connectivity index (χ4n) is 3.66. The zero-order chi connectivity index (χ0) is 22.6. The van der Waals surface area contributed by atoms with Crippen molar-refractivity contribution in [2.45, 2.75) is 13.5 Å². The molecule has 0 saturated carbocycles. The van der Waals surface area contributed by atoms with Gasteiger partial charge >= 0.3 is 0 Å². The van der Waals surface area contributed by atoms with E-state index in [-0.39, 0.29) is 0 Å². The van der Waals surface area contributed by atoms with Gasteiger partial charge in [0.15, 0.2) is 0 Å². The first-order valence-corrected chi connectivity index (χ1v) is 11.4. The van der Waals surface area contributed by atoms with Crippen molar-refractivity contribution in [2.24, 2.45) is 4.99 Å². The molecule has 0 saturated heterocycles. The smallest absolute Gasteiger partial charge is 0.144 e. The number of nitrogens with one attached hydrogen (secondary N) is 1. The predicted molar refractivity (Wildman–Crippen MR) is 135 cm³/mol. The summed E-state index contributed by atoms with van der Waals surface area (Å²) >= 11 is 1.63. The Bertz CT molecular complexity index is 1430. The van der Waals surface area contributed by atoms with Crippen LogP contribution in [0.25, 0.3) is 22.4 Å². The van der Waals surface area contributed by atoms with E-state index in [1.165, 1.54) is 0 Å². The average Bonchev–Trinajstić information content (AvgIpc) is 3.53. The number of aliphatic imine (C=N–C) groups is 1. The van der Waals surface area contributed by atoms with Gasteiger partial charge < -0.3 is 9.88 Å². The molecule has 162 valence electrons. The summed E-state index contributed by atoms with van der Waals surface area (Å²) in [6.45, 7) is 6.87. The molecule has 0 aliphatic rings. The van der Waals surface area contributed by atoms with Crippen molar-refractivity contribution >= 4 is 33.9 Å². The van der Waals surface area contributed by atoms with Crippen LogP contribution < -0.4 is 5.32 Å². The molecule has 5 aromatic rings. The Morgan fingerprint density at radius 3 is 2.82 bits per heavy atom. The Hall–Kier alpha value is -4.10. The highest BCUT2D eigenvalue weighted by molar-refractivity contribution is 7.12. The first kappa shape index (κ1) is 20.8. The molecule has 6 nitrogen and oxygen atoms in total. The lowest BCUT2D eigenvalue weighted by molar-refractivity contribution is 0.863. The van der Waals surface area contributed by atoms with E-state index in [1.807, 2.05) is 29.8 Å². The van der Waals surface area contributed by atoms with Crippen molar-refractivity contribution in [3.8, 4) is 5.69 Å². The average molecular weight is 451 g/mol. The van der Waals surface area contributed by atoms with Crippen molar-refractivity contribution in [2.75, 3.05) is 0 Å². The summed E-state index contributed by atoms with van der Waals surface area (Å²) < 4.78 is 2.11. The molecule has 0 radical (unpaired) electrons.